The third-order valence-electron chi connectivity index (χ3n) is 3.18. The Morgan fingerprint density at radius 3 is 2.80 bits per heavy atom. The van der Waals surface area contributed by atoms with Crippen molar-refractivity contribution >= 4 is 0 Å². The molecular formula is C15H16F2N2O. The molecule has 1 aromatic heterocycles. The van der Waals surface area contributed by atoms with E-state index in [1.54, 1.807) is 32.6 Å². The van der Waals surface area contributed by atoms with E-state index in [0.29, 0.717) is 17.7 Å². The van der Waals surface area contributed by atoms with Gasteiger partial charge in [-0.05, 0) is 36.7 Å². The van der Waals surface area contributed by atoms with E-state index in [0.717, 1.165) is 11.6 Å². The van der Waals surface area contributed by atoms with Crippen molar-refractivity contribution in [2.45, 2.75) is 12.5 Å². The molecule has 1 N–H and O–H groups in total. The minimum Gasteiger partial charge on any atom is -0.495 e. The Morgan fingerprint density at radius 2 is 2.10 bits per heavy atom. The van der Waals surface area contributed by atoms with E-state index in [-0.39, 0.29) is 6.04 Å². The maximum Gasteiger partial charge on any atom is 0.162 e. The van der Waals surface area contributed by atoms with Crippen LogP contribution < -0.4 is 10.1 Å². The summed E-state index contributed by atoms with van der Waals surface area (Å²) >= 11 is 0. The molecular weight excluding hydrogens is 262 g/mol. The average molecular weight is 278 g/mol. The van der Waals surface area contributed by atoms with Crippen LogP contribution in [0.3, 0.4) is 0 Å². The van der Waals surface area contributed by atoms with Crippen molar-refractivity contribution < 1.29 is 13.5 Å². The standard InChI is InChI=1S/C15H16F2N2O/c1-18-14(11-6-12(20-2)9-19-8-11)7-10-4-3-5-13(16)15(10)17/h3-6,8-9,14,18H,7H2,1-2H3. The molecule has 0 aliphatic rings. The molecule has 1 aromatic carbocycles. The lowest BCUT2D eigenvalue weighted by molar-refractivity contribution is 0.411. The summed E-state index contributed by atoms with van der Waals surface area (Å²) in [5.41, 5.74) is 1.18. The Morgan fingerprint density at radius 1 is 1.30 bits per heavy atom. The molecule has 0 aliphatic heterocycles. The van der Waals surface area contributed by atoms with Crippen LogP contribution >= 0.6 is 0 Å². The number of ether oxygens (including phenoxy) is 1. The molecule has 1 atom stereocenters. The molecule has 0 radical (unpaired) electrons. The van der Waals surface area contributed by atoms with Crippen molar-refractivity contribution in [2.24, 2.45) is 0 Å². The Bertz CT molecular complexity index is 590. The summed E-state index contributed by atoms with van der Waals surface area (Å²) < 4.78 is 32.1. The summed E-state index contributed by atoms with van der Waals surface area (Å²) in [5.74, 6) is -1.01. The molecule has 0 fully saturated rings. The number of benzene rings is 1. The molecule has 0 spiro atoms. The van der Waals surface area contributed by atoms with Crippen LogP contribution in [0.15, 0.2) is 36.7 Å². The van der Waals surface area contributed by atoms with Gasteiger partial charge in [0.25, 0.3) is 0 Å². The third kappa shape index (κ3) is 3.11. The molecule has 1 heterocycles. The van der Waals surface area contributed by atoms with Gasteiger partial charge in [-0.2, -0.15) is 0 Å². The lowest BCUT2D eigenvalue weighted by Gasteiger charge is -2.17. The van der Waals surface area contributed by atoms with Crippen LogP contribution in [-0.2, 0) is 6.42 Å². The van der Waals surface area contributed by atoms with Gasteiger partial charge in [-0.1, -0.05) is 12.1 Å². The SMILES string of the molecule is CNC(Cc1cccc(F)c1F)c1cncc(OC)c1. The number of hydrogen-bond acceptors (Lipinski definition) is 3. The van der Waals surface area contributed by atoms with Crippen molar-refractivity contribution in [3.8, 4) is 5.75 Å². The van der Waals surface area contributed by atoms with Crippen molar-refractivity contribution in [1.82, 2.24) is 10.3 Å². The van der Waals surface area contributed by atoms with Gasteiger partial charge in [-0.25, -0.2) is 8.78 Å². The van der Waals surface area contributed by atoms with Crippen LogP contribution in [0.2, 0.25) is 0 Å². The predicted octanol–water partition coefficient (Wildman–Crippen LogP) is 2.87. The first kappa shape index (κ1) is 14.4. The maximum absolute atomic E-state index is 13.7. The number of halogens is 2. The van der Waals surface area contributed by atoms with E-state index in [1.807, 2.05) is 6.07 Å². The molecule has 0 amide bonds. The summed E-state index contributed by atoms with van der Waals surface area (Å²) in [5, 5.41) is 3.08. The molecule has 3 nitrogen and oxygen atoms in total. The van der Waals surface area contributed by atoms with Crippen LogP contribution in [0.25, 0.3) is 0 Å². The van der Waals surface area contributed by atoms with E-state index in [2.05, 4.69) is 10.3 Å². The zero-order chi connectivity index (χ0) is 14.5. The van der Waals surface area contributed by atoms with E-state index < -0.39 is 11.6 Å². The Balaban J connectivity index is 2.26. The van der Waals surface area contributed by atoms with Crippen LogP contribution in [0.1, 0.15) is 17.2 Å². The predicted molar refractivity (Wildman–Crippen MR) is 72.7 cm³/mol. The second-order valence-corrected chi connectivity index (χ2v) is 4.42. The number of nitrogens with one attached hydrogen (secondary N) is 1. The van der Waals surface area contributed by atoms with Crippen molar-refractivity contribution in [2.75, 3.05) is 14.2 Å². The molecule has 1 unspecified atom stereocenters. The zero-order valence-electron chi connectivity index (χ0n) is 11.4. The van der Waals surface area contributed by atoms with Crippen molar-refractivity contribution in [3.05, 3.63) is 59.4 Å². The van der Waals surface area contributed by atoms with Crippen LogP contribution in [-0.4, -0.2) is 19.1 Å². The van der Waals surface area contributed by atoms with Crippen LogP contribution in [0.4, 0.5) is 8.78 Å². The second-order valence-electron chi connectivity index (χ2n) is 4.42. The number of aromatic nitrogens is 1. The molecule has 106 valence electrons. The lowest BCUT2D eigenvalue weighted by Crippen LogP contribution is -2.19. The summed E-state index contributed by atoms with van der Waals surface area (Å²) in [6.07, 6.45) is 3.61. The number of methoxy groups -OCH3 is 1. The van der Waals surface area contributed by atoms with Gasteiger partial charge in [-0.3, -0.25) is 4.98 Å². The third-order valence-corrected chi connectivity index (χ3v) is 3.18. The molecule has 0 bridgehead atoms. The van der Waals surface area contributed by atoms with Gasteiger partial charge >= 0.3 is 0 Å². The Kier molecular flexibility index (Phi) is 4.63. The molecule has 2 rings (SSSR count). The highest BCUT2D eigenvalue weighted by molar-refractivity contribution is 5.28. The quantitative estimate of drug-likeness (QED) is 0.913. The first-order valence-electron chi connectivity index (χ1n) is 6.24. The average Bonchev–Trinajstić information content (AvgIpc) is 2.49. The van der Waals surface area contributed by atoms with Gasteiger partial charge in [-0.15, -0.1) is 0 Å². The largest absolute Gasteiger partial charge is 0.495 e. The van der Waals surface area contributed by atoms with Gasteiger partial charge in [0, 0.05) is 12.2 Å². The molecule has 0 saturated carbocycles. The van der Waals surface area contributed by atoms with Gasteiger partial charge < -0.3 is 10.1 Å². The van der Waals surface area contributed by atoms with Gasteiger partial charge in [0.05, 0.1) is 13.3 Å². The first-order chi connectivity index (χ1) is 9.65. The molecule has 2 aromatic rings. The number of nitrogens with zero attached hydrogens (tertiary/aromatic N) is 1. The molecule has 20 heavy (non-hydrogen) atoms. The summed E-state index contributed by atoms with van der Waals surface area (Å²) in [4.78, 5) is 4.07. The fourth-order valence-corrected chi connectivity index (χ4v) is 2.05. The summed E-state index contributed by atoms with van der Waals surface area (Å²) in [6, 6.07) is 5.85. The van der Waals surface area contributed by atoms with E-state index in [1.165, 1.54) is 6.07 Å². The fraction of sp³-hybridized carbons (Fsp3) is 0.267. The van der Waals surface area contributed by atoms with Crippen LogP contribution in [0, 0.1) is 11.6 Å². The molecule has 5 heteroatoms. The van der Waals surface area contributed by atoms with Crippen molar-refractivity contribution in [3.63, 3.8) is 0 Å². The molecule has 0 saturated heterocycles. The monoisotopic (exact) mass is 278 g/mol. The number of pyridine rings is 1. The summed E-state index contributed by atoms with van der Waals surface area (Å²) in [7, 11) is 3.32. The van der Waals surface area contributed by atoms with E-state index in [4.69, 9.17) is 4.74 Å². The highest BCUT2D eigenvalue weighted by atomic mass is 19.2. The smallest absolute Gasteiger partial charge is 0.162 e. The van der Waals surface area contributed by atoms with Gasteiger partial charge in [0.1, 0.15) is 5.75 Å². The van der Waals surface area contributed by atoms with Gasteiger partial charge in [0.2, 0.25) is 0 Å². The van der Waals surface area contributed by atoms with Gasteiger partial charge in [0.15, 0.2) is 11.6 Å². The highest BCUT2D eigenvalue weighted by Gasteiger charge is 2.15. The number of rotatable bonds is 5. The minimum absolute atomic E-state index is 0.172. The molecule has 0 aliphatic carbocycles. The minimum atomic E-state index is -0.832. The summed E-state index contributed by atoms with van der Waals surface area (Å²) in [6.45, 7) is 0. The van der Waals surface area contributed by atoms with E-state index in [9.17, 15) is 8.78 Å². The highest BCUT2D eigenvalue weighted by Crippen LogP contribution is 2.23. The number of likely N-dealkylation sites (N-methyl/N-ethyl adjacent to an activating group) is 1. The van der Waals surface area contributed by atoms with Crippen molar-refractivity contribution in [1.29, 1.82) is 0 Å². The zero-order valence-corrected chi connectivity index (χ0v) is 11.4. The van der Waals surface area contributed by atoms with E-state index >= 15 is 0 Å². The maximum atomic E-state index is 13.7. The fourth-order valence-electron chi connectivity index (χ4n) is 2.05. The Labute approximate surface area is 116 Å². The topological polar surface area (TPSA) is 34.2 Å². The Hall–Kier alpha value is -2.01. The number of hydrogen-bond donors (Lipinski definition) is 1. The first-order valence-corrected chi connectivity index (χ1v) is 6.24. The van der Waals surface area contributed by atoms with Crippen LogP contribution in [0.5, 0.6) is 5.75 Å². The normalized spacial score (nSPS) is 12.2. The second kappa shape index (κ2) is 6.43. The lowest BCUT2D eigenvalue weighted by atomic mass is 9.99.